The van der Waals surface area contributed by atoms with Gasteiger partial charge in [-0.25, -0.2) is 74.8 Å². The number of morpholine rings is 5. The summed E-state index contributed by atoms with van der Waals surface area (Å²) in [6.07, 6.45) is 20.4. The molecule has 133 heavy (non-hydrogen) atoms. The van der Waals surface area contributed by atoms with Crippen molar-refractivity contribution in [2.24, 2.45) is 5.92 Å². The van der Waals surface area contributed by atoms with Crippen LogP contribution in [0.15, 0.2) is 123 Å². The minimum absolute atomic E-state index is 0.102. The summed E-state index contributed by atoms with van der Waals surface area (Å²) in [6, 6.07) is 21.4. The van der Waals surface area contributed by atoms with Crippen LogP contribution < -0.4 is 53.2 Å². The fraction of sp³-hybridized carbons (Fsp3) is 0.440. The predicted molar refractivity (Wildman–Crippen MR) is 511 cm³/mol. The molecular weight excluding hydrogens is 1690 g/mol. The molecule has 20 heterocycles. The summed E-state index contributed by atoms with van der Waals surface area (Å²) in [5.74, 6) is 6.22. The minimum Gasteiger partial charge on any atom is -0.384 e. The van der Waals surface area contributed by atoms with Gasteiger partial charge < -0.3 is 99.9 Å². The van der Waals surface area contributed by atoms with Crippen LogP contribution in [-0.4, -0.2) is 268 Å². The van der Waals surface area contributed by atoms with Gasteiger partial charge in [-0.05, 0) is 114 Å². The predicted octanol–water partition coefficient (Wildman–Crippen LogP) is 10.4. The molecule has 0 radical (unpaired) electrons. The van der Waals surface area contributed by atoms with E-state index in [4.69, 9.17) is 107 Å². The zero-order chi connectivity index (χ0) is 92.8. The van der Waals surface area contributed by atoms with Gasteiger partial charge in [-0.3, -0.25) is 4.57 Å². The highest BCUT2D eigenvalue weighted by Crippen LogP contribution is 2.37. The number of nitrogens with two attached hydrogens (primary N) is 5. The molecule has 10 N–H and O–H groups in total. The Kier molecular flexibility index (Phi) is 29.3. The Bertz CT molecular complexity index is 6280. The van der Waals surface area contributed by atoms with Crippen LogP contribution in [0.5, 0.6) is 0 Å². The number of pyridine rings is 5. The van der Waals surface area contributed by atoms with E-state index in [-0.39, 0.29) is 24.2 Å². The van der Waals surface area contributed by atoms with E-state index < -0.39 is 0 Å². The highest BCUT2D eigenvalue weighted by atomic mass is 16.5. The quantitative estimate of drug-likeness (QED) is 0.0446. The number of methoxy groups -OCH3 is 1. The fourth-order valence-corrected chi connectivity index (χ4v) is 16.0. The van der Waals surface area contributed by atoms with E-state index in [0.29, 0.717) is 180 Å². The molecule has 0 bridgehead atoms. The Balaban J connectivity index is 0.000000121. The van der Waals surface area contributed by atoms with Gasteiger partial charge in [0.15, 0.2) is 28.2 Å². The third-order valence-electron chi connectivity index (χ3n) is 23.9. The molecular formula is C91H114N36O6. The third-order valence-corrected chi connectivity index (χ3v) is 23.9. The standard InChI is InChI=1S/2C19H25N7O.C18H20N8O.C18H23N7O2.C17H21N7O/c1-12(2)13(3)26-11-22-17-16(14-4-5-15(20)21-10-14)23-19(24-18(17)26)25-6-8-27-9-7-25;1-3-14(4-2)26-12-22-17-16(13-5-6-15(20)21-11-13)23-19(24-18(17)26)25-7-9-27-10-8-25;1-2-13(9-19)26-11-22-16-15(12-3-4-14(20)21-10-12)23-18(24-17(16)26)25-5-7-27-8-6-25;1-12(10-26-2)25-11-21-16-15(13-3-4-14(19)20-9-13)22-18(23-17(16)25)24-5-7-27-8-6-24;1-11(2)24-10-20-15-14(12-3-4-13(18)19-9-12)21-17(22-16(15)24)23-5-7-25-8-6-23/h4-5,10-13H,6-9H2,1-3H3,(H2,20,21);5-6,11-12,14H,3-4,7-10H2,1-2H3,(H2,20,21);3-4,10-11,13H,2,5-8H2,1H3,(H2,20,21);3-4,9,11-12H,5-8,10H2,1-2H3,(H2,19,20);3-4,9-11H,5-8H2,1-2H3,(H2,18,19). The smallest absolute Gasteiger partial charge is 0.228 e. The maximum Gasteiger partial charge on any atom is 0.228 e. The molecule has 0 saturated carbocycles. The molecule has 0 spiro atoms. The van der Waals surface area contributed by atoms with Crippen LogP contribution in [0, 0.1) is 17.2 Å². The summed E-state index contributed by atoms with van der Waals surface area (Å²) in [5, 5.41) is 9.50. The minimum atomic E-state index is -0.333. The van der Waals surface area contributed by atoms with E-state index in [9.17, 15) is 5.26 Å². The first kappa shape index (κ1) is 92.0. The first-order chi connectivity index (χ1) is 64.8. The number of nitriles is 1. The van der Waals surface area contributed by atoms with Gasteiger partial charge in [0.1, 0.15) is 91.2 Å². The van der Waals surface area contributed by atoms with E-state index in [0.717, 1.165) is 160 Å². The molecule has 20 rings (SSSR count). The highest BCUT2D eigenvalue weighted by molar-refractivity contribution is 5.93. The number of imidazole rings is 5. The lowest BCUT2D eigenvalue weighted by atomic mass is 10.1. The molecule has 3 atom stereocenters. The number of nitrogen functional groups attached to an aromatic ring is 5. The Hall–Kier alpha value is -14.3. The fourth-order valence-electron chi connectivity index (χ4n) is 16.0. The third kappa shape index (κ3) is 20.7. The van der Waals surface area contributed by atoms with Crippen LogP contribution in [0.2, 0.25) is 0 Å². The molecule has 694 valence electrons. The molecule has 15 aromatic heterocycles. The van der Waals surface area contributed by atoms with Crippen molar-refractivity contribution in [3.63, 3.8) is 0 Å². The number of aromatic nitrogens is 25. The topological polar surface area (TPSA) is 508 Å². The Morgan fingerprint density at radius 2 is 0.586 bits per heavy atom. The molecule has 42 nitrogen and oxygen atoms in total. The average Bonchev–Trinajstić information content (AvgIpc) is 1.67. The maximum absolute atomic E-state index is 9.50. The number of rotatable bonds is 21. The van der Waals surface area contributed by atoms with Gasteiger partial charge in [-0.2, -0.15) is 30.2 Å². The highest BCUT2D eigenvalue weighted by Gasteiger charge is 2.30. The van der Waals surface area contributed by atoms with E-state index in [2.05, 4.69) is 149 Å². The molecule has 5 aliphatic heterocycles. The van der Waals surface area contributed by atoms with Gasteiger partial charge in [0.2, 0.25) is 29.7 Å². The van der Waals surface area contributed by atoms with E-state index >= 15 is 0 Å². The number of hydrogen-bond acceptors (Lipinski definition) is 37. The lowest BCUT2D eigenvalue weighted by molar-refractivity contribution is 0.122. The maximum atomic E-state index is 9.50. The first-order valence-corrected chi connectivity index (χ1v) is 45.1. The molecule has 5 fully saturated rings. The van der Waals surface area contributed by atoms with Gasteiger partial charge in [0, 0.05) is 149 Å². The lowest BCUT2D eigenvalue weighted by Gasteiger charge is -2.27. The summed E-state index contributed by atoms with van der Waals surface area (Å²) < 4.78 is 42.8. The SMILES string of the molecule is CC(C)C(C)n1cnc2c(-c3ccc(N)nc3)nc(N3CCOCC3)nc21.CC(C)n1cnc2c(-c3ccc(N)nc3)nc(N3CCOCC3)nc21.CCC(C#N)n1cnc2c(-c3ccc(N)nc3)nc(N3CCOCC3)nc21.CCC(CC)n1cnc2c(-c3ccc(N)nc3)nc(N3CCOCC3)nc21.COCC(C)n1cnc2c(-c3ccc(N)nc3)nc(N3CCOCC3)nc21. The molecule has 15 aromatic rings. The lowest BCUT2D eigenvalue weighted by Crippen LogP contribution is -2.37. The van der Waals surface area contributed by atoms with Crippen molar-refractivity contribution < 1.29 is 28.4 Å². The molecule has 5 aliphatic rings. The zero-order valence-corrected chi connectivity index (χ0v) is 76.7. The molecule has 0 aromatic carbocycles. The van der Waals surface area contributed by atoms with Crippen molar-refractivity contribution in [1.29, 1.82) is 5.26 Å². The van der Waals surface area contributed by atoms with E-state index in [1.54, 1.807) is 81.1 Å². The van der Waals surface area contributed by atoms with E-state index in [1.165, 1.54) is 0 Å². The van der Waals surface area contributed by atoms with Gasteiger partial charge in [0.25, 0.3) is 0 Å². The Morgan fingerprint density at radius 1 is 0.331 bits per heavy atom. The second kappa shape index (κ2) is 42.3. The largest absolute Gasteiger partial charge is 0.384 e. The molecule has 3 unspecified atom stereocenters. The number of fused-ring (bicyclic) bond motifs is 5. The Morgan fingerprint density at radius 3 is 0.842 bits per heavy atom. The van der Waals surface area contributed by atoms with Crippen molar-refractivity contribution in [3.05, 3.63) is 123 Å². The van der Waals surface area contributed by atoms with Crippen LogP contribution in [0.3, 0.4) is 0 Å². The summed E-state index contributed by atoms with van der Waals surface area (Å²) in [7, 11) is 1.69. The van der Waals surface area contributed by atoms with Crippen molar-refractivity contribution in [2.45, 2.75) is 112 Å². The van der Waals surface area contributed by atoms with Crippen LogP contribution in [0.25, 0.3) is 112 Å². The first-order valence-electron chi connectivity index (χ1n) is 45.1. The van der Waals surface area contributed by atoms with Crippen molar-refractivity contribution in [3.8, 4) is 62.4 Å². The van der Waals surface area contributed by atoms with Gasteiger partial charge in [-0.15, -0.1) is 0 Å². The molecule has 0 aliphatic carbocycles. The monoisotopic (exact) mass is 1810 g/mol. The van der Waals surface area contributed by atoms with Crippen LogP contribution in [0.4, 0.5) is 58.8 Å². The second-order valence-corrected chi connectivity index (χ2v) is 33.2. The number of ether oxygens (including phenoxy) is 6. The summed E-state index contributed by atoms with van der Waals surface area (Å²) in [6.45, 7) is 34.1. The van der Waals surface area contributed by atoms with Crippen LogP contribution in [0.1, 0.15) is 112 Å². The molecule has 42 heteroatoms. The van der Waals surface area contributed by atoms with Crippen LogP contribution in [-0.2, 0) is 28.4 Å². The van der Waals surface area contributed by atoms with Crippen molar-refractivity contribution in [1.82, 2.24) is 123 Å². The summed E-state index contributed by atoms with van der Waals surface area (Å²) >= 11 is 0. The van der Waals surface area contributed by atoms with E-state index in [1.807, 2.05) is 65.4 Å². The molecule has 0 amide bonds. The number of hydrogen-bond donors (Lipinski definition) is 5. The van der Waals surface area contributed by atoms with Crippen molar-refractivity contribution >= 4 is 115 Å². The number of nitrogens with zero attached hydrogens (tertiary/aromatic N) is 31. The van der Waals surface area contributed by atoms with Crippen molar-refractivity contribution in [2.75, 3.05) is 198 Å². The zero-order valence-electron chi connectivity index (χ0n) is 76.7. The van der Waals surface area contributed by atoms with Crippen LogP contribution >= 0.6 is 0 Å². The van der Waals surface area contributed by atoms with Gasteiger partial charge >= 0.3 is 0 Å². The normalized spacial score (nSPS) is 15.6. The van der Waals surface area contributed by atoms with Gasteiger partial charge in [0.05, 0.1) is 116 Å². The van der Waals surface area contributed by atoms with Gasteiger partial charge in [-0.1, -0.05) is 34.6 Å². The number of anilines is 10. The summed E-state index contributed by atoms with van der Waals surface area (Å²) in [4.78, 5) is 103. The Labute approximate surface area is 768 Å². The second-order valence-electron chi connectivity index (χ2n) is 33.2. The summed E-state index contributed by atoms with van der Waals surface area (Å²) in [5.41, 5.74) is 44.5. The molecule has 5 saturated heterocycles. The average molecular weight is 1810 g/mol.